The predicted molar refractivity (Wildman–Crippen MR) is 104 cm³/mol. The number of likely N-dealkylation sites (tertiary alicyclic amines) is 1. The molecule has 2 N–H and O–H groups in total. The van der Waals surface area contributed by atoms with Gasteiger partial charge >= 0.3 is 0 Å². The van der Waals surface area contributed by atoms with Crippen LogP contribution in [0.15, 0.2) is 54.6 Å². The smallest absolute Gasteiger partial charge is 0.237 e. The second kappa shape index (κ2) is 8.37. The Morgan fingerprint density at radius 1 is 1.04 bits per heavy atom. The molecule has 2 aromatic carbocycles. The van der Waals surface area contributed by atoms with Crippen molar-refractivity contribution < 1.29 is 9.90 Å². The molecule has 1 fully saturated rings. The number of amides is 1. The van der Waals surface area contributed by atoms with Crippen LogP contribution >= 0.6 is 0 Å². The minimum atomic E-state index is -0.123. The van der Waals surface area contributed by atoms with Crippen molar-refractivity contribution in [2.75, 3.05) is 13.1 Å². The average molecular weight is 352 g/mol. The molecule has 4 nitrogen and oxygen atoms in total. The van der Waals surface area contributed by atoms with Crippen LogP contribution in [0.1, 0.15) is 49.8 Å². The Bertz CT molecular complexity index is 707. The molecule has 0 aliphatic carbocycles. The fourth-order valence-electron chi connectivity index (χ4n) is 3.69. The summed E-state index contributed by atoms with van der Waals surface area (Å²) in [6.07, 6.45) is 2.08. The maximum Gasteiger partial charge on any atom is 0.237 e. The van der Waals surface area contributed by atoms with E-state index >= 15 is 0 Å². The van der Waals surface area contributed by atoms with Crippen LogP contribution in [0.2, 0.25) is 0 Å². The van der Waals surface area contributed by atoms with Gasteiger partial charge in [-0.2, -0.15) is 0 Å². The summed E-state index contributed by atoms with van der Waals surface area (Å²) < 4.78 is 0. The van der Waals surface area contributed by atoms with Crippen LogP contribution in [0.4, 0.5) is 0 Å². The first-order chi connectivity index (χ1) is 12.5. The van der Waals surface area contributed by atoms with Gasteiger partial charge in [-0.3, -0.25) is 9.69 Å². The highest BCUT2D eigenvalue weighted by Crippen LogP contribution is 2.29. The molecule has 1 saturated heterocycles. The molecule has 138 valence electrons. The standard InChI is InChI=1S/C22H28N2O2/c1-16(18-6-4-3-5-7-18)23-22(26)17(2)24-14-12-20(13-15-24)19-8-10-21(25)11-9-19/h3-11,16-17,20,25H,12-15H2,1-2H3,(H,23,26). The van der Waals surface area contributed by atoms with E-state index in [1.165, 1.54) is 5.56 Å². The molecule has 0 aromatic heterocycles. The number of hydrogen-bond acceptors (Lipinski definition) is 3. The van der Waals surface area contributed by atoms with E-state index in [1.54, 1.807) is 12.1 Å². The Labute approximate surface area is 155 Å². The molecule has 26 heavy (non-hydrogen) atoms. The van der Waals surface area contributed by atoms with Crippen LogP contribution in [0.25, 0.3) is 0 Å². The lowest BCUT2D eigenvalue weighted by molar-refractivity contribution is -0.127. The Morgan fingerprint density at radius 2 is 1.65 bits per heavy atom. The zero-order valence-electron chi connectivity index (χ0n) is 15.6. The molecule has 2 unspecified atom stereocenters. The molecular weight excluding hydrogens is 324 g/mol. The molecule has 1 aliphatic rings. The first-order valence-electron chi connectivity index (χ1n) is 9.43. The summed E-state index contributed by atoms with van der Waals surface area (Å²) in [6, 6.07) is 17.5. The molecule has 0 radical (unpaired) electrons. The number of phenols is 1. The molecule has 0 bridgehead atoms. The molecule has 0 spiro atoms. The summed E-state index contributed by atoms with van der Waals surface area (Å²) >= 11 is 0. The summed E-state index contributed by atoms with van der Waals surface area (Å²) in [5.41, 5.74) is 2.40. The molecule has 2 atom stereocenters. The maximum atomic E-state index is 12.6. The topological polar surface area (TPSA) is 52.6 Å². The SMILES string of the molecule is CC(NC(=O)C(C)N1CCC(c2ccc(O)cc2)CC1)c1ccccc1. The molecule has 3 rings (SSSR count). The van der Waals surface area contributed by atoms with Crippen LogP contribution in [0.3, 0.4) is 0 Å². The van der Waals surface area contributed by atoms with Crippen molar-refractivity contribution in [1.82, 2.24) is 10.2 Å². The number of nitrogens with zero attached hydrogens (tertiary/aromatic N) is 1. The lowest BCUT2D eigenvalue weighted by Gasteiger charge is -2.36. The number of rotatable bonds is 5. The zero-order chi connectivity index (χ0) is 18.5. The first-order valence-corrected chi connectivity index (χ1v) is 9.43. The van der Waals surface area contributed by atoms with Gasteiger partial charge in [-0.25, -0.2) is 0 Å². The van der Waals surface area contributed by atoms with Gasteiger partial charge in [0.25, 0.3) is 0 Å². The number of aromatic hydroxyl groups is 1. The van der Waals surface area contributed by atoms with E-state index < -0.39 is 0 Å². The number of piperidine rings is 1. The number of nitrogens with one attached hydrogen (secondary N) is 1. The van der Waals surface area contributed by atoms with E-state index in [0.717, 1.165) is 31.5 Å². The van der Waals surface area contributed by atoms with Gasteiger partial charge in [0.05, 0.1) is 12.1 Å². The molecule has 1 amide bonds. The van der Waals surface area contributed by atoms with Gasteiger partial charge < -0.3 is 10.4 Å². The van der Waals surface area contributed by atoms with Crippen molar-refractivity contribution in [3.8, 4) is 5.75 Å². The first kappa shape index (κ1) is 18.5. The second-order valence-electron chi connectivity index (χ2n) is 7.22. The van der Waals surface area contributed by atoms with E-state index in [1.807, 2.05) is 56.3 Å². The molecule has 1 heterocycles. The van der Waals surface area contributed by atoms with E-state index in [0.29, 0.717) is 11.7 Å². The van der Waals surface area contributed by atoms with Crippen molar-refractivity contribution >= 4 is 5.91 Å². The highest BCUT2D eigenvalue weighted by Gasteiger charge is 2.27. The molecule has 2 aromatic rings. The van der Waals surface area contributed by atoms with Gasteiger partial charge in [0.2, 0.25) is 5.91 Å². The van der Waals surface area contributed by atoms with Crippen LogP contribution in [-0.4, -0.2) is 35.0 Å². The van der Waals surface area contributed by atoms with Gasteiger partial charge in [-0.15, -0.1) is 0 Å². The highest BCUT2D eigenvalue weighted by molar-refractivity contribution is 5.81. The Hall–Kier alpha value is -2.33. The fraction of sp³-hybridized carbons (Fsp3) is 0.409. The van der Waals surface area contributed by atoms with Crippen molar-refractivity contribution in [3.63, 3.8) is 0 Å². The number of phenolic OH excluding ortho intramolecular Hbond substituents is 1. The maximum absolute atomic E-state index is 12.6. The Balaban J connectivity index is 1.52. The lowest BCUT2D eigenvalue weighted by atomic mass is 9.89. The normalized spacial score (nSPS) is 18.2. The predicted octanol–water partition coefficient (Wildman–Crippen LogP) is 3.84. The van der Waals surface area contributed by atoms with Gasteiger partial charge in [0.15, 0.2) is 0 Å². The molecule has 0 saturated carbocycles. The summed E-state index contributed by atoms with van der Waals surface area (Å²) in [4.78, 5) is 14.9. The van der Waals surface area contributed by atoms with Crippen molar-refractivity contribution in [1.29, 1.82) is 0 Å². The Kier molecular flexibility index (Phi) is 5.94. The van der Waals surface area contributed by atoms with Crippen molar-refractivity contribution in [3.05, 3.63) is 65.7 Å². The minimum Gasteiger partial charge on any atom is -0.508 e. The van der Waals surface area contributed by atoms with Crippen molar-refractivity contribution in [2.45, 2.75) is 44.7 Å². The molecule has 1 aliphatic heterocycles. The fourth-order valence-corrected chi connectivity index (χ4v) is 3.69. The Morgan fingerprint density at radius 3 is 2.27 bits per heavy atom. The highest BCUT2D eigenvalue weighted by atomic mass is 16.3. The lowest BCUT2D eigenvalue weighted by Crippen LogP contribution is -2.48. The number of hydrogen-bond donors (Lipinski definition) is 2. The largest absolute Gasteiger partial charge is 0.508 e. The van der Waals surface area contributed by atoms with Crippen LogP contribution in [0.5, 0.6) is 5.75 Å². The van der Waals surface area contributed by atoms with Gasteiger partial charge in [-0.1, -0.05) is 42.5 Å². The third-order valence-corrected chi connectivity index (χ3v) is 5.48. The van der Waals surface area contributed by atoms with E-state index in [2.05, 4.69) is 10.2 Å². The number of benzene rings is 2. The zero-order valence-corrected chi connectivity index (χ0v) is 15.6. The third kappa shape index (κ3) is 4.44. The second-order valence-corrected chi connectivity index (χ2v) is 7.22. The van der Waals surface area contributed by atoms with E-state index in [-0.39, 0.29) is 18.0 Å². The van der Waals surface area contributed by atoms with E-state index in [4.69, 9.17) is 0 Å². The van der Waals surface area contributed by atoms with Gasteiger partial charge in [0, 0.05) is 0 Å². The number of carbonyl (C=O) groups is 1. The summed E-state index contributed by atoms with van der Waals surface area (Å²) in [7, 11) is 0. The van der Waals surface area contributed by atoms with Crippen LogP contribution in [0, 0.1) is 0 Å². The van der Waals surface area contributed by atoms with E-state index in [9.17, 15) is 9.90 Å². The summed E-state index contributed by atoms with van der Waals surface area (Å²) in [6.45, 7) is 5.85. The minimum absolute atomic E-state index is 0.0145. The van der Waals surface area contributed by atoms with Crippen LogP contribution < -0.4 is 5.32 Å². The summed E-state index contributed by atoms with van der Waals surface area (Å²) in [5.74, 6) is 0.902. The van der Waals surface area contributed by atoms with Crippen molar-refractivity contribution in [2.24, 2.45) is 0 Å². The van der Waals surface area contributed by atoms with Gasteiger partial charge in [0.1, 0.15) is 5.75 Å². The molecular formula is C22H28N2O2. The monoisotopic (exact) mass is 352 g/mol. The number of carbonyl (C=O) groups excluding carboxylic acids is 1. The average Bonchev–Trinajstić information content (AvgIpc) is 2.69. The third-order valence-electron chi connectivity index (χ3n) is 5.48. The molecule has 4 heteroatoms. The van der Waals surface area contributed by atoms with Gasteiger partial charge in [-0.05, 0) is 69.0 Å². The van der Waals surface area contributed by atoms with Crippen LogP contribution in [-0.2, 0) is 4.79 Å². The quantitative estimate of drug-likeness (QED) is 0.860. The summed E-state index contributed by atoms with van der Waals surface area (Å²) in [5, 5.41) is 12.6.